The molecule has 2 amide bonds. The first-order chi connectivity index (χ1) is 11.1. The number of anilines is 2. The molecule has 0 spiro atoms. The van der Waals surface area contributed by atoms with Gasteiger partial charge in [0.2, 0.25) is 0 Å². The summed E-state index contributed by atoms with van der Waals surface area (Å²) in [6.45, 7) is 0. The Balaban J connectivity index is 2.00. The Kier molecular flexibility index (Phi) is 5.46. The molecule has 0 aliphatic carbocycles. The number of aliphatic carboxylic acids is 1. The average molecular weight is 312 g/mol. The van der Waals surface area contributed by atoms with Crippen molar-refractivity contribution in [1.82, 2.24) is 0 Å². The number of rotatable bonds is 6. The monoisotopic (exact) mass is 312 g/mol. The number of para-hydroxylation sites is 1. The number of urea groups is 1. The molecular formula is C17H16N2O4. The first-order valence-electron chi connectivity index (χ1n) is 6.99. The Morgan fingerprint density at radius 1 is 0.957 bits per heavy atom. The van der Waals surface area contributed by atoms with Gasteiger partial charge in [0.15, 0.2) is 0 Å². The Labute approximate surface area is 133 Å². The molecule has 1 unspecified atom stereocenters. The highest BCUT2D eigenvalue weighted by atomic mass is 16.4. The Bertz CT molecular complexity index is 683. The van der Waals surface area contributed by atoms with Crippen LogP contribution in [-0.4, -0.2) is 23.4 Å². The van der Waals surface area contributed by atoms with E-state index in [9.17, 15) is 14.4 Å². The van der Waals surface area contributed by atoms with Gasteiger partial charge in [0.25, 0.3) is 0 Å². The highest BCUT2D eigenvalue weighted by Crippen LogP contribution is 2.21. The predicted octanol–water partition coefficient (Wildman–Crippen LogP) is 3.09. The standard InChI is InChI=1S/C17H16N2O4/c20-11-10-15(16(21)22)12-6-8-14(9-7-12)19-17(23)18-13-4-2-1-3-5-13/h1-9,11,15H,10H2,(H,21,22)(H2,18,19,23). The summed E-state index contributed by atoms with van der Waals surface area (Å²) in [5, 5.41) is 14.4. The quantitative estimate of drug-likeness (QED) is 0.714. The second-order valence-corrected chi connectivity index (χ2v) is 4.86. The lowest BCUT2D eigenvalue weighted by molar-refractivity contribution is -0.139. The summed E-state index contributed by atoms with van der Waals surface area (Å²) < 4.78 is 0. The van der Waals surface area contributed by atoms with E-state index >= 15 is 0 Å². The van der Waals surface area contributed by atoms with Crippen LogP contribution in [0.15, 0.2) is 54.6 Å². The zero-order valence-corrected chi connectivity index (χ0v) is 12.2. The molecule has 0 saturated carbocycles. The first-order valence-corrected chi connectivity index (χ1v) is 6.99. The van der Waals surface area contributed by atoms with Gasteiger partial charge in [0, 0.05) is 17.8 Å². The van der Waals surface area contributed by atoms with E-state index in [2.05, 4.69) is 10.6 Å². The second kappa shape index (κ2) is 7.74. The van der Waals surface area contributed by atoms with Gasteiger partial charge >= 0.3 is 12.0 Å². The van der Waals surface area contributed by atoms with Gasteiger partial charge in [-0.3, -0.25) is 4.79 Å². The van der Waals surface area contributed by atoms with Crippen molar-refractivity contribution in [3.63, 3.8) is 0 Å². The lowest BCUT2D eigenvalue weighted by Crippen LogP contribution is -2.19. The number of carbonyl (C=O) groups is 3. The van der Waals surface area contributed by atoms with E-state index < -0.39 is 17.9 Å². The molecular weight excluding hydrogens is 296 g/mol. The van der Waals surface area contributed by atoms with Gasteiger partial charge in [-0.05, 0) is 29.8 Å². The Morgan fingerprint density at radius 2 is 1.52 bits per heavy atom. The average Bonchev–Trinajstić information content (AvgIpc) is 2.54. The maximum absolute atomic E-state index is 11.8. The lowest BCUT2D eigenvalue weighted by atomic mass is 9.96. The summed E-state index contributed by atoms with van der Waals surface area (Å²) in [7, 11) is 0. The van der Waals surface area contributed by atoms with Gasteiger partial charge in [-0.25, -0.2) is 4.79 Å². The molecule has 6 nitrogen and oxygen atoms in total. The van der Waals surface area contributed by atoms with E-state index in [1.165, 1.54) is 0 Å². The van der Waals surface area contributed by atoms with Crippen LogP contribution in [0.2, 0.25) is 0 Å². The van der Waals surface area contributed by atoms with Crippen molar-refractivity contribution in [3.8, 4) is 0 Å². The molecule has 0 fully saturated rings. The predicted molar refractivity (Wildman–Crippen MR) is 86.6 cm³/mol. The zero-order valence-electron chi connectivity index (χ0n) is 12.2. The molecule has 2 aromatic rings. The minimum Gasteiger partial charge on any atom is -0.481 e. The van der Waals surface area contributed by atoms with Crippen LogP contribution < -0.4 is 10.6 Å². The number of hydrogen-bond donors (Lipinski definition) is 3. The highest BCUT2D eigenvalue weighted by Gasteiger charge is 2.19. The Hall–Kier alpha value is -3.15. The van der Waals surface area contributed by atoms with E-state index in [0.717, 1.165) is 0 Å². The molecule has 0 heterocycles. The van der Waals surface area contributed by atoms with E-state index in [-0.39, 0.29) is 6.42 Å². The van der Waals surface area contributed by atoms with Gasteiger partial charge in [0.05, 0.1) is 5.92 Å². The Morgan fingerprint density at radius 3 is 2.04 bits per heavy atom. The van der Waals surface area contributed by atoms with Gasteiger partial charge < -0.3 is 20.5 Å². The third-order valence-corrected chi connectivity index (χ3v) is 3.23. The molecule has 118 valence electrons. The normalized spacial score (nSPS) is 11.3. The largest absolute Gasteiger partial charge is 0.481 e. The van der Waals surface area contributed by atoms with Gasteiger partial charge in [-0.2, -0.15) is 0 Å². The summed E-state index contributed by atoms with van der Waals surface area (Å²) >= 11 is 0. The van der Waals surface area contributed by atoms with Crippen LogP contribution in [0.4, 0.5) is 16.2 Å². The van der Waals surface area contributed by atoms with Crippen molar-refractivity contribution in [1.29, 1.82) is 0 Å². The highest BCUT2D eigenvalue weighted by molar-refractivity contribution is 5.99. The van der Waals surface area contributed by atoms with E-state index in [1.807, 2.05) is 18.2 Å². The molecule has 0 aliphatic rings. The maximum atomic E-state index is 11.8. The van der Waals surface area contributed by atoms with Crippen LogP contribution >= 0.6 is 0 Å². The molecule has 1 atom stereocenters. The molecule has 6 heteroatoms. The van der Waals surface area contributed by atoms with Crippen LogP contribution in [0.3, 0.4) is 0 Å². The van der Waals surface area contributed by atoms with Crippen LogP contribution in [-0.2, 0) is 9.59 Å². The van der Waals surface area contributed by atoms with Gasteiger partial charge in [0.1, 0.15) is 6.29 Å². The minimum atomic E-state index is -1.06. The fourth-order valence-electron chi connectivity index (χ4n) is 2.09. The first kappa shape index (κ1) is 16.2. The number of benzene rings is 2. The zero-order chi connectivity index (χ0) is 16.7. The minimum absolute atomic E-state index is 0.0867. The van der Waals surface area contributed by atoms with Crippen LogP contribution in [0.1, 0.15) is 17.9 Å². The molecule has 2 rings (SSSR count). The van der Waals surface area contributed by atoms with Gasteiger partial charge in [-0.1, -0.05) is 30.3 Å². The third kappa shape index (κ3) is 4.67. The van der Waals surface area contributed by atoms with Crippen LogP contribution in [0, 0.1) is 0 Å². The molecule has 2 aromatic carbocycles. The maximum Gasteiger partial charge on any atom is 0.323 e. The lowest BCUT2D eigenvalue weighted by Gasteiger charge is -2.11. The molecule has 0 aliphatic heterocycles. The SMILES string of the molecule is O=CCC(C(=O)O)c1ccc(NC(=O)Nc2ccccc2)cc1. The molecule has 0 bridgehead atoms. The number of carbonyl (C=O) groups excluding carboxylic acids is 2. The number of carboxylic acid groups (broad SMARTS) is 1. The van der Waals surface area contributed by atoms with E-state index in [1.54, 1.807) is 36.4 Å². The number of amides is 2. The number of nitrogens with one attached hydrogen (secondary N) is 2. The van der Waals surface area contributed by atoms with E-state index in [0.29, 0.717) is 23.2 Å². The summed E-state index contributed by atoms with van der Waals surface area (Å²) in [6, 6.07) is 15.0. The smallest absolute Gasteiger partial charge is 0.323 e. The van der Waals surface area contributed by atoms with Crippen LogP contribution in [0.5, 0.6) is 0 Å². The van der Waals surface area contributed by atoms with Crippen molar-refractivity contribution < 1.29 is 19.5 Å². The number of carboxylic acids is 1. The summed E-state index contributed by atoms with van der Waals surface area (Å²) in [6.07, 6.45) is 0.495. The van der Waals surface area contributed by atoms with Crippen molar-refractivity contribution in [3.05, 3.63) is 60.2 Å². The van der Waals surface area contributed by atoms with Crippen molar-refractivity contribution in [2.24, 2.45) is 0 Å². The fraction of sp³-hybridized carbons (Fsp3) is 0.118. The van der Waals surface area contributed by atoms with Crippen LogP contribution in [0.25, 0.3) is 0 Å². The topological polar surface area (TPSA) is 95.5 Å². The fourth-order valence-corrected chi connectivity index (χ4v) is 2.09. The van der Waals surface area contributed by atoms with Crippen molar-refractivity contribution >= 4 is 29.7 Å². The molecule has 23 heavy (non-hydrogen) atoms. The van der Waals surface area contributed by atoms with Gasteiger partial charge in [-0.15, -0.1) is 0 Å². The van der Waals surface area contributed by atoms with Crippen molar-refractivity contribution in [2.75, 3.05) is 10.6 Å². The molecule has 0 radical (unpaired) electrons. The number of hydrogen-bond acceptors (Lipinski definition) is 3. The van der Waals surface area contributed by atoms with E-state index in [4.69, 9.17) is 5.11 Å². The molecule has 0 saturated heterocycles. The van der Waals surface area contributed by atoms with Crippen molar-refractivity contribution in [2.45, 2.75) is 12.3 Å². The molecule has 0 aromatic heterocycles. The summed E-state index contributed by atoms with van der Waals surface area (Å²) in [5.41, 5.74) is 1.70. The summed E-state index contributed by atoms with van der Waals surface area (Å²) in [4.78, 5) is 33.5. The third-order valence-electron chi connectivity index (χ3n) is 3.23. The summed E-state index contributed by atoms with van der Waals surface area (Å²) in [5.74, 6) is -1.93. The second-order valence-electron chi connectivity index (χ2n) is 4.86. The molecule has 3 N–H and O–H groups in total. The number of aldehydes is 1.